The zero-order valence-corrected chi connectivity index (χ0v) is 14.3. The quantitative estimate of drug-likeness (QED) is 0.184. The molecule has 0 aromatic carbocycles. The Labute approximate surface area is 147 Å². The van der Waals surface area contributed by atoms with Crippen LogP contribution in [0.15, 0.2) is 24.8 Å². The van der Waals surface area contributed by atoms with Gasteiger partial charge in [0.1, 0.15) is 19.4 Å². The number of hydrogen-bond acceptors (Lipinski definition) is 7. The van der Waals surface area contributed by atoms with Gasteiger partial charge in [0.15, 0.2) is 0 Å². The number of nitriles is 1. The van der Waals surface area contributed by atoms with Crippen LogP contribution in [-0.4, -0.2) is 61.3 Å². The van der Waals surface area contributed by atoms with Crippen LogP contribution in [0.2, 0.25) is 0 Å². The fourth-order valence-corrected chi connectivity index (χ4v) is 1.93. The molecule has 0 bridgehead atoms. The molecule has 8 heteroatoms. The fourth-order valence-electron chi connectivity index (χ4n) is 1.93. The van der Waals surface area contributed by atoms with Gasteiger partial charge in [0.2, 0.25) is 0 Å². The van der Waals surface area contributed by atoms with Crippen LogP contribution in [0.3, 0.4) is 0 Å². The fraction of sp³-hybridized carbons (Fsp3) is 0.529. The maximum absolute atomic E-state index is 11.7. The first-order valence-electron chi connectivity index (χ1n) is 7.77. The van der Waals surface area contributed by atoms with Crippen molar-refractivity contribution in [2.75, 3.05) is 26.8 Å². The molecule has 138 valence electrons. The Balaban J connectivity index is 4.46. The lowest BCUT2D eigenvalue weighted by molar-refractivity contribution is -0.134. The van der Waals surface area contributed by atoms with Crippen LogP contribution in [0.5, 0.6) is 0 Å². The van der Waals surface area contributed by atoms with Gasteiger partial charge in [0.05, 0.1) is 19.3 Å². The van der Waals surface area contributed by atoms with Crippen LogP contribution in [0.4, 0.5) is 4.79 Å². The molecule has 8 nitrogen and oxygen atoms in total. The van der Waals surface area contributed by atoms with Crippen molar-refractivity contribution in [3.8, 4) is 6.07 Å². The third kappa shape index (κ3) is 9.94. The van der Waals surface area contributed by atoms with Crippen molar-refractivity contribution >= 4 is 18.3 Å². The van der Waals surface area contributed by atoms with Crippen molar-refractivity contribution in [1.82, 2.24) is 4.90 Å². The lowest BCUT2D eigenvalue weighted by Crippen LogP contribution is -2.36. The van der Waals surface area contributed by atoms with Crippen LogP contribution < -0.4 is 0 Å². The van der Waals surface area contributed by atoms with E-state index in [1.807, 2.05) is 6.07 Å². The molecule has 0 heterocycles. The number of esters is 1. The Hall–Kier alpha value is -2.66. The van der Waals surface area contributed by atoms with Gasteiger partial charge in [-0.25, -0.2) is 9.59 Å². The predicted molar refractivity (Wildman–Crippen MR) is 89.3 cm³/mol. The van der Waals surface area contributed by atoms with Crippen molar-refractivity contribution in [2.24, 2.45) is 5.92 Å². The Morgan fingerprint density at radius 1 is 1.40 bits per heavy atom. The smallest absolute Gasteiger partial charge is 0.410 e. The average Bonchev–Trinajstić information content (AvgIpc) is 2.62. The Morgan fingerprint density at radius 3 is 2.68 bits per heavy atom. The number of methoxy groups -OCH3 is 1. The van der Waals surface area contributed by atoms with E-state index >= 15 is 0 Å². The highest BCUT2D eigenvalue weighted by Gasteiger charge is 2.21. The molecule has 0 rings (SSSR count). The minimum atomic E-state index is -0.975. The van der Waals surface area contributed by atoms with Crippen LogP contribution in [0, 0.1) is 17.2 Å². The van der Waals surface area contributed by atoms with Gasteiger partial charge < -0.3 is 19.4 Å². The molecule has 0 spiro atoms. The highest BCUT2D eigenvalue weighted by atomic mass is 16.6. The van der Waals surface area contributed by atoms with Gasteiger partial charge in [-0.1, -0.05) is 18.7 Å². The molecule has 1 amide bonds. The number of amides is 1. The lowest BCUT2D eigenvalue weighted by Gasteiger charge is -2.22. The number of aliphatic hydroxyl groups excluding tert-OH is 1. The Bertz CT molecular complexity index is 512. The molecule has 0 aliphatic heterocycles. The van der Waals surface area contributed by atoms with E-state index in [1.54, 1.807) is 6.08 Å². The minimum absolute atomic E-state index is 0.0206. The molecule has 0 saturated heterocycles. The third-order valence-electron chi connectivity index (χ3n) is 3.33. The maximum Gasteiger partial charge on any atom is 0.410 e. The van der Waals surface area contributed by atoms with E-state index in [9.17, 15) is 19.5 Å². The molecule has 0 fully saturated rings. The summed E-state index contributed by atoms with van der Waals surface area (Å²) in [5, 5.41) is 18.9. The molecule has 1 N–H and O–H groups in total. The van der Waals surface area contributed by atoms with Gasteiger partial charge in [0, 0.05) is 18.5 Å². The average molecular weight is 352 g/mol. The lowest BCUT2D eigenvalue weighted by atomic mass is 9.96. The number of rotatable bonds is 12. The number of nitrogens with zero attached hydrogens (tertiary/aromatic N) is 2. The molecule has 2 atom stereocenters. The Kier molecular flexibility index (Phi) is 12.3. The van der Waals surface area contributed by atoms with E-state index < -0.39 is 24.1 Å². The summed E-state index contributed by atoms with van der Waals surface area (Å²) in [6, 6.07) is 1.85. The molecule has 25 heavy (non-hydrogen) atoms. The zero-order valence-electron chi connectivity index (χ0n) is 14.3. The van der Waals surface area contributed by atoms with Gasteiger partial charge in [-0.2, -0.15) is 5.26 Å². The highest BCUT2D eigenvalue weighted by molar-refractivity contribution is 5.81. The summed E-state index contributed by atoms with van der Waals surface area (Å²) in [5.41, 5.74) is 0. The van der Waals surface area contributed by atoms with E-state index in [0.717, 1.165) is 4.90 Å². The van der Waals surface area contributed by atoms with Crippen molar-refractivity contribution in [3.05, 3.63) is 24.8 Å². The first kappa shape index (κ1) is 22.3. The van der Waals surface area contributed by atoms with E-state index in [4.69, 9.17) is 10.00 Å². The van der Waals surface area contributed by atoms with Crippen LogP contribution in [-0.2, 0) is 19.1 Å². The van der Waals surface area contributed by atoms with E-state index in [0.29, 0.717) is 19.1 Å². The van der Waals surface area contributed by atoms with Crippen molar-refractivity contribution in [1.29, 1.82) is 5.26 Å². The molecule has 0 aliphatic rings. The second-order valence-corrected chi connectivity index (χ2v) is 5.10. The van der Waals surface area contributed by atoms with E-state index in [1.165, 1.54) is 19.3 Å². The second kappa shape index (κ2) is 13.7. The summed E-state index contributed by atoms with van der Waals surface area (Å²) in [7, 11) is 1.26. The largest absolute Gasteiger partial charge is 0.466 e. The van der Waals surface area contributed by atoms with Crippen LogP contribution in [0.25, 0.3) is 0 Å². The minimum Gasteiger partial charge on any atom is -0.466 e. The number of aliphatic hydroxyl groups is 1. The van der Waals surface area contributed by atoms with Gasteiger partial charge in [-0.15, -0.1) is 0 Å². The molecule has 0 aromatic rings. The van der Waals surface area contributed by atoms with Gasteiger partial charge in [-0.05, 0) is 19.3 Å². The monoisotopic (exact) mass is 352 g/mol. The number of carbonyl (C=O) groups is 3. The standard InChI is InChI=1S/C17H24N2O6/c1-3-12-25-17(23)19(11-9-18)10-8-15(21)14(13-20)6-4-5-7-16(22)24-2/h3,5,7,13-15,21H,1,4,6,8,10-12H2,2H3/b7-5+/t14-,15+/m0/s1. The summed E-state index contributed by atoms with van der Waals surface area (Å²) in [6.45, 7) is 3.34. The summed E-state index contributed by atoms with van der Waals surface area (Å²) in [4.78, 5) is 35.0. The predicted octanol–water partition coefficient (Wildman–Crippen LogP) is 1.21. The third-order valence-corrected chi connectivity index (χ3v) is 3.33. The molecule has 0 radical (unpaired) electrons. The summed E-state index contributed by atoms with van der Waals surface area (Å²) in [5.74, 6) is -1.14. The van der Waals surface area contributed by atoms with Crippen LogP contribution in [0.1, 0.15) is 19.3 Å². The summed E-state index contributed by atoms with van der Waals surface area (Å²) >= 11 is 0. The molecular weight excluding hydrogens is 328 g/mol. The molecule has 0 aliphatic carbocycles. The normalized spacial score (nSPS) is 12.7. The van der Waals surface area contributed by atoms with Gasteiger partial charge in [-0.3, -0.25) is 4.90 Å². The highest BCUT2D eigenvalue weighted by Crippen LogP contribution is 2.14. The molecule has 0 unspecified atom stereocenters. The zero-order chi connectivity index (χ0) is 19.1. The maximum atomic E-state index is 11.7. The number of hydrogen-bond donors (Lipinski definition) is 1. The van der Waals surface area contributed by atoms with E-state index in [-0.39, 0.29) is 26.1 Å². The molecule has 0 saturated carbocycles. The topological polar surface area (TPSA) is 117 Å². The van der Waals surface area contributed by atoms with Gasteiger partial charge in [0.25, 0.3) is 0 Å². The van der Waals surface area contributed by atoms with Crippen molar-refractivity contribution in [3.63, 3.8) is 0 Å². The van der Waals surface area contributed by atoms with Gasteiger partial charge >= 0.3 is 12.1 Å². The molecule has 0 aromatic heterocycles. The Morgan fingerprint density at radius 2 is 2.12 bits per heavy atom. The number of aldehydes is 1. The number of carbonyl (C=O) groups excluding carboxylic acids is 3. The number of ether oxygens (including phenoxy) is 2. The van der Waals surface area contributed by atoms with Crippen molar-refractivity contribution in [2.45, 2.75) is 25.4 Å². The second-order valence-electron chi connectivity index (χ2n) is 5.10. The van der Waals surface area contributed by atoms with Crippen LogP contribution >= 0.6 is 0 Å². The first-order valence-corrected chi connectivity index (χ1v) is 7.77. The van der Waals surface area contributed by atoms with Crippen molar-refractivity contribution < 1.29 is 29.0 Å². The summed E-state index contributed by atoms with van der Waals surface area (Å²) < 4.78 is 9.29. The molecular formula is C17H24N2O6. The SMILES string of the molecule is C=CCOC(=O)N(CC#N)CC[C@@H](O)[C@H](C=O)CC/C=C/C(=O)OC. The first-order chi connectivity index (χ1) is 12.0. The summed E-state index contributed by atoms with van der Waals surface area (Å²) in [6.07, 6.45) is 4.07. The van der Waals surface area contributed by atoms with E-state index in [2.05, 4.69) is 11.3 Å². The number of allylic oxidation sites excluding steroid dienone is 1.